The quantitative estimate of drug-likeness (QED) is 0.0828. The number of benzene rings is 21. The van der Waals surface area contributed by atoms with Gasteiger partial charge in [0, 0.05) is 111 Å². The molecule has 12 heteroatoms. The highest BCUT2D eigenvalue weighted by atomic mass is 32.1. The van der Waals surface area contributed by atoms with Gasteiger partial charge < -0.3 is 0 Å². The number of aromatic nitrogens is 9. The Morgan fingerprint density at radius 1 is 0.129 bits per heavy atom. The van der Waals surface area contributed by atoms with E-state index in [-0.39, 0.29) is 52.8 Å². The summed E-state index contributed by atoms with van der Waals surface area (Å²) in [6.45, 7) is 0. The van der Waals surface area contributed by atoms with Crippen molar-refractivity contribution in [3.63, 3.8) is 0 Å². The first-order valence-electron chi connectivity index (χ1n) is 54.9. The Balaban J connectivity index is 0.000000123. The molecule has 6 heterocycles. The normalized spacial score (nSPS) is 12.6. The second-order valence-electron chi connectivity index (χ2n) is 35.1. The first-order chi connectivity index (χ1) is 78.6. The third kappa shape index (κ3) is 18.8. The number of hydrogen-bond donors (Lipinski definition) is 0. The lowest BCUT2D eigenvalue weighted by Gasteiger charge is -2.10. The van der Waals surface area contributed by atoms with E-state index in [0.29, 0.717) is 51.6 Å². The largest absolute Gasteiger partial charge is 0.208 e. The van der Waals surface area contributed by atoms with Gasteiger partial charge in [0.15, 0.2) is 52.4 Å². The average molecular weight is 1950 g/mol. The van der Waals surface area contributed by atoms with Gasteiger partial charge in [0.1, 0.15) is 0 Å². The van der Waals surface area contributed by atoms with E-state index in [1.54, 1.807) is 22.7 Å². The van der Waals surface area contributed by atoms with Crippen LogP contribution in [0.25, 0.3) is 263 Å². The lowest BCUT2D eigenvalue weighted by atomic mass is 9.99. The molecule has 27 aromatic rings. The average Bonchev–Trinajstić information content (AvgIpc) is 1.68. The van der Waals surface area contributed by atoms with Crippen molar-refractivity contribution in [2.45, 2.75) is 0 Å². The monoisotopic (exact) mass is 1940 g/mol. The molecule has 0 unspecified atom stereocenters. The SMILES string of the molecule is [2H]c1c([2H])c([2H])c(-c2c([2H])c([2H])c(-c3nc(-c4ccc(-c5ccccc5)cc4)nc(-c4ccc5c(c4)sc4cccc(-c6ccccc6)c45)n3)c([2H])c2[2H])c([2H])c1[2H].[2H]c1c([2H])c([2H])c(-c2cccc3sc4cc(-c5nc(-c6ccc(-c7ccccc7)cc6)nc(-c6ccc(-c7ccccc7)cc6)n5)ccc4c23)c([2H])c1[2H].c1ccc(-c2ccc(-c3nc(-c4ccc(-c5ccccc5)cc4)nc(-c4ccc5c(c4)sc4cccc(-c6ccccc6)c45)n3)cc2)cc1. The topological polar surface area (TPSA) is 116 Å². The minimum atomic E-state index is -0.645. The van der Waals surface area contributed by atoms with Crippen LogP contribution in [0.2, 0.25) is 0 Å². The summed E-state index contributed by atoms with van der Waals surface area (Å²) in [6, 6.07) is 143. The Labute approximate surface area is 882 Å². The zero-order valence-corrected chi connectivity index (χ0v) is 80.8. The predicted octanol–water partition coefficient (Wildman–Crippen LogP) is 36.7. The molecule has 0 saturated carbocycles. The predicted molar refractivity (Wildman–Crippen MR) is 616 cm³/mol. The molecule has 0 aliphatic carbocycles. The van der Waals surface area contributed by atoms with E-state index in [1.165, 1.54) is 42.4 Å². The number of fused-ring (bicyclic) bond motifs is 9. The van der Waals surface area contributed by atoms with Gasteiger partial charge >= 0.3 is 0 Å². The van der Waals surface area contributed by atoms with E-state index in [0.717, 1.165) is 129 Å². The molecule has 0 amide bonds. The van der Waals surface area contributed by atoms with E-state index < -0.39 is 71.6 Å². The molecule has 0 radical (unpaired) electrons. The molecule has 0 fully saturated rings. The third-order valence-corrected chi connectivity index (χ3v) is 29.3. The van der Waals surface area contributed by atoms with Crippen molar-refractivity contribution in [3.05, 3.63) is 527 Å². The zero-order chi connectivity index (χ0) is 110. The first-order valence-corrected chi connectivity index (χ1v) is 50.4. The fraction of sp³-hybridized carbons (Fsp3) is 0. The summed E-state index contributed by atoms with van der Waals surface area (Å²) in [5, 5.41) is 6.50. The number of nitrogens with zero attached hydrogens (tertiary/aromatic N) is 9. The Morgan fingerprint density at radius 2 is 0.320 bits per heavy atom. The number of thiophene rings is 3. The fourth-order valence-electron chi connectivity index (χ4n) is 18.6. The van der Waals surface area contributed by atoms with Gasteiger partial charge in [-0.3, -0.25) is 0 Å². The summed E-state index contributed by atoms with van der Waals surface area (Å²) >= 11 is 5.03. The van der Waals surface area contributed by atoms with E-state index >= 15 is 0 Å². The Bertz CT molecular complexity index is 10100. The third-order valence-electron chi connectivity index (χ3n) is 26.0. The second-order valence-corrected chi connectivity index (χ2v) is 38.3. The van der Waals surface area contributed by atoms with Gasteiger partial charge in [-0.15, -0.1) is 34.0 Å². The molecule has 0 aliphatic heterocycles. The van der Waals surface area contributed by atoms with Crippen molar-refractivity contribution in [3.8, 4) is 203 Å². The molecular formula is C135H87N9S3. The van der Waals surface area contributed by atoms with Crippen molar-refractivity contribution in [1.82, 2.24) is 44.9 Å². The molecule has 690 valence electrons. The van der Waals surface area contributed by atoms with Gasteiger partial charge in [-0.2, -0.15) is 0 Å². The molecule has 0 atom stereocenters. The number of rotatable bonds is 18. The highest BCUT2D eigenvalue weighted by molar-refractivity contribution is 7.26. The Morgan fingerprint density at radius 3 is 0.578 bits per heavy atom. The van der Waals surface area contributed by atoms with Gasteiger partial charge in [-0.1, -0.05) is 491 Å². The van der Waals surface area contributed by atoms with Crippen molar-refractivity contribution < 1.29 is 19.2 Å². The van der Waals surface area contributed by atoms with E-state index in [2.05, 4.69) is 249 Å². The summed E-state index contributed by atoms with van der Waals surface area (Å²) in [5.74, 6) is 3.98. The standard InChI is InChI=1S/3C45H29N3S/c3*1-4-11-30(12-5-1)32-19-23-35(24-20-32)43-46-44(36-25-21-33(22-26-36)31-13-6-2-7-14-31)48-45(47-43)37-27-28-39-41(29-37)49-40-18-10-17-38(42(39)40)34-15-8-3-9-16-34/h3*1-29H/i1D,4D,5D,11D,12D,19D,20D,23D,24D;3D,8D,9D,15D,16D;. The van der Waals surface area contributed by atoms with Crippen LogP contribution in [0.5, 0.6) is 0 Å². The van der Waals surface area contributed by atoms with Crippen molar-refractivity contribution in [2.24, 2.45) is 0 Å². The second kappa shape index (κ2) is 40.4. The van der Waals surface area contributed by atoms with Crippen molar-refractivity contribution in [1.29, 1.82) is 0 Å². The summed E-state index contributed by atoms with van der Waals surface area (Å²) in [7, 11) is 0. The first kappa shape index (κ1) is 75.2. The molecule has 27 rings (SSSR count). The van der Waals surface area contributed by atoms with Crippen LogP contribution in [0.4, 0.5) is 0 Å². The van der Waals surface area contributed by atoms with Crippen LogP contribution in [-0.4, -0.2) is 44.9 Å². The Hall–Kier alpha value is -18.7. The number of hydrogen-bond acceptors (Lipinski definition) is 12. The van der Waals surface area contributed by atoms with E-state index in [4.69, 9.17) is 64.0 Å². The van der Waals surface area contributed by atoms with Crippen LogP contribution >= 0.6 is 34.0 Å². The van der Waals surface area contributed by atoms with Gasteiger partial charge in [0.2, 0.25) is 0 Å². The van der Waals surface area contributed by atoms with Gasteiger partial charge in [0.05, 0.1) is 19.2 Å². The van der Waals surface area contributed by atoms with E-state index in [1.807, 2.05) is 205 Å². The highest BCUT2D eigenvalue weighted by Crippen LogP contribution is 2.47. The summed E-state index contributed by atoms with van der Waals surface area (Å²) in [5.41, 5.74) is 22.3. The fourth-order valence-corrected chi connectivity index (χ4v) is 22.1. The van der Waals surface area contributed by atoms with Gasteiger partial charge in [-0.05, 0) is 137 Å². The molecule has 0 bridgehead atoms. The zero-order valence-electron chi connectivity index (χ0n) is 92.4. The smallest absolute Gasteiger partial charge is 0.164 e. The van der Waals surface area contributed by atoms with E-state index in [9.17, 15) is 0 Å². The minimum Gasteiger partial charge on any atom is -0.208 e. The van der Waals surface area contributed by atoms with Crippen LogP contribution in [-0.2, 0) is 0 Å². The molecule has 9 nitrogen and oxygen atoms in total. The van der Waals surface area contributed by atoms with Crippen LogP contribution in [0.1, 0.15) is 19.2 Å². The van der Waals surface area contributed by atoms with Crippen molar-refractivity contribution in [2.75, 3.05) is 0 Å². The van der Waals surface area contributed by atoms with Crippen molar-refractivity contribution >= 4 is 94.5 Å². The molecule has 0 N–H and O–H groups in total. The molecule has 0 saturated heterocycles. The van der Waals surface area contributed by atoms with Crippen LogP contribution in [0.15, 0.2) is 527 Å². The molecular weight excluding hydrogens is 1840 g/mol. The summed E-state index contributed by atoms with van der Waals surface area (Å²) in [4.78, 5) is 44.6. The maximum atomic E-state index is 9.14. The van der Waals surface area contributed by atoms with Crippen LogP contribution in [0.3, 0.4) is 0 Å². The highest BCUT2D eigenvalue weighted by Gasteiger charge is 2.23. The summed E-state index contributed by atoms with van der Waals surface area (Å²) < 4.78 is 126. The lowest BCUT2D eigenvalue weighted by molar-refractivity contribution is 1.07. The molecule has 0 aliphatic rings. The maximum absolute atomic E-state index is 9.14. The van der Waals surface area contributed by atoms with Gasteiger partial charge in [0.25, 0.3) is 0 Å². The molecule has 147 heavy (non-hydrogen) atoms. The van der Waals surface area contributed by atoms with Crippen LogP contribution < -0.4 is 0 Å². The molecule has 0 spiro atoms. The molecule has 6 aromatic heterocycles. The Kier molecular flexibility index (Phi) is 20.6. The molecule has 21 aromatic carbocycles. The maximum Gasteiger partial charge on any atom is 0.164 e. The summed E-state index contributed by atoms with van der Waals surface area (Å²) in [6.07, 6.45) is 0. The minimum absolute atomic E-state index is 0.112. The van der Waals surface area contributed by atoms with Crippen LogP contribution in [0, 0.1) is 0 Å². The lowest BCUT2D eigenvalue weighted by Crippen LogP contribution is -2.00. The van der Waals surface area contributed by atoms with Gasteiger partial charge in [-0.25, -0.2) is 44.9 Å².